The van der Waals surface area contributed by atoms with Crippen LogP contribution in [0.5, 0.6) is 0 Å². The van der Waals surface area contributed by atoms with Crippen LogP contribution >= 0.6 is 11.3 Å². The van der Waals surface area contributed by atoms with E-state index in [9.17, 15) is 4.79 Å². The van der Waals surface area contributed by atoms with Crippen LogP contribution in [0.2, 0.25) is 0 Å². The molecule has 7 heteroatoms. The number of aryl methyl sites for hydroxylation is 1. The Labute approximate surface area is 158 Å². The molecule has 3 aromatic heterocycles. The Kier molecular flexibility index (Phi) is 2.92. The van der Waals surface area contributed by atoms with Crippen LogP contribution < -0.4 is 10.9 Å². The summed E-state index contributed by atoms with van der Waals surface area (Å²) >= 11 is 1.50. The Morgan fingerprint density at radius 2 is 2.15 bits per heavy atom. The first-order chi connectivity index (χ1) is 13.2. The van der Waals surface area contributed by atoms with Crippen LogP contribution in [0.4, 0.5) is 0 Å². The SMILES string of the molecule is Cc1[nH]ncc1-c1cc2nc3n(c(=O)c2s1)[C@@]31NCC[C@@H]1c1ccccc1. The van der Waals surface area contributed by atoms with E-state index in [1.165, 1.54) is 16.9 Å². The topological polar surface area (TPSA) is 75.6 Å². The summed E-state index contributed by atoms with van der Waals surface area (Å²) in [6.45, 7) is 2.87. The number of fused-ring (bicyclic) bond motifs is 4. The molecule has 0 aliphatic carbocycles. The van der Waals surface area contributed by atoms with Gasteiger partial charge in [-0.25, -0.2) is 4.98 Å². The van der Waals surface area contributed by atoms with Crippen LogP contribution in [-0.2, 0) is 5.66 Å². The summed E-state index contributed by atoms with van der Waals surface area (Å²) in [5, 5.41) is 10.6. The molecule has 0 amide bonds. The Bertz CT molecular complexity index is 1250. The molecule has 134 valence electrons. The lowest BCUT2D eigenvalue weighted by atomic mass is 9.91. The molecule has 27 heavy (non-hydrogen) atoms. The Balaban J connectivity index is 1.50. The van der Waals surface area contributed by atoms with Gasteiger partial charge in [0.15, 0.2) is 11.5 Å². The fourth-order valence-electron chi connectivity index (χ4n) is 4.51. The summed E-state index contributed by atoms with van der Waals surface area (Å²) in [6.07, 6.45) is 2.80. The maximum atomic E-state index is 13.3. The van der Waals surface area contributed by atoms with Gasteiger partial charge in [-0.15, -0.1) is 11.3 Å². The largest absolute Gasteiger partial charge is 0.287 e. The normalized spacial score (nSPS) is 23.2. The number of benzene rings is 1. The molecule has 2 aliphatic heterocycles. The second kappa shape index (κ2) is 5.15. The van der Waals surface area contributed by atoms with Gasteiger partial charge in [0.05, 0.1) is 11.7 Å². The van der Waals surface area contributed by atoms with E-state index in [0.29, 0.717) is 4.70 Å². The number of H-pyrrole nitrogens is 1. The van der Waals surface area contributed by atoms with E-state index in [-0.39, 0.29) is 11.5 Å². The van der Waals surface area contributed by atoms with E-state index in [1.807, 2.05) is 23.6 Å². The third-order valence-electron chi connectivity index (χ3n) is 5.82. The molecule has 2 atom stereocenters. The van der Waals surface area contributed by atoms with Crippen molar-refractivity contribution in [1.82, 2.24) is 25.1 Å². The second-order valence-electron chi connectivity index (χ2n) is 7.25. The average Bonchev–Trinajstić information content (AvgIpc) is 3.11. The summed E-state index contributed by atoms with van der Waals surface area (Å²) < 4.78 is 2.58. The number of hydrogen-bond acceptors (Lipinski definition) is 5. The van der Waals surface area contributed by atoms with E-state index in [2.05, 4.69) is 39.8 Å². The van der Waals surface area contributed by atoms with Crippen molar-refractivity contribution in [2.75, 3.05) is 6.54 Å². The third-order valence-corrected chi connectivity index (χ3v) is 6.97. The van der Waals surface area contributed by atoms with Gasteiger partial charge in [-0.2, -0.15) is 5.10 Å². The number of aromatic nitrogens is 4. The predicted octanol–water partition coefficient (Wildman–Crippen LogP) is 2.95. The molecule has 6 nitrogen and oxygen atoms in total. The van der Waals surface area contributed by atoms with Gasteiger partial charge in [0.25, 0.3) is 5.56 Å². The molecule has 0 bridgehead atoms. The molecule has 2 N–H and O–H groups in total. The zero-order chi connectivity index (χ0) is 18.2. The molecule has 6 rings (SSSR count). The number of thiophene rings is 1. The minimum absolute atomic E-state index is 0.0581. The highest BCUT2D eigenvalue weighted by Gasteiger charge is 2.62. The maximum absolute atomic E-state index is 13.3. The highest BCUT2D eigenvalue weighted by molar-refractivity contribution is 7.22. The number of hydrogen-bond donors (Lipinski definition) is 2. The molecular formula is C20H17N5OS. The lowest BCUT2D eigenvalue weighted by molar-refractivity contribution is 0.428. The molecule has 2 aliphatic rings. The minimum Gasteiger partial charge on any atom is -0.287 e. The van der Waals surface area contributed by atoms with Gasteiger partial charge >= 0.3 is 0 Å². The zero-order valence-corrected chi connectivity index (χ0v) is 15.5. The van der Waals surface area contributed by atoms with Crippen molar-refractivity contribution in [1.29, 1.82) is 0 Å². The second-order valence-corrected chi connectivity index (χ2v) is 8.31. The van der Waals surface area contributed by atoms with Crippen molar-refractivity contribution in [3.8, 4) is 10.4 Å². The van der Waals surface area contributed by atoms with Gasteiger partial charge in [0, 0.05) is 22.1 Å². The van der Waals surface area contributed by atoms with E-state index in [4.69, 9.17) is 4.98 Å². The van der Waals surface area contributed by atoms with Crippen molar-refractivity contribution in [2.24, 2.45) is 0 Å². The van der Waals surface area contributed by atoms with Gasteiger partial charge < -0.3 is 0 Å². The molecule has 5 heterocycles. The van der Waals surface area contributed by atoms with Crippen LogP contribution in [0.25, 0.3) is 20.7 Å². The van der Waals surface area contributed by atoms with Crippen molar-refractivity contribution >= 4 is 21.6 Å². The van der Waals surface area contributed by atoms with Gasteiger partial charge in [0.2, 0.25) is 0 Å². The molecule has 1 aromatic carbocycles. The van der Waals surface area contributed by atoms with Crippen molar-refractivity contribution in [3.63, 3.8) is 0 Å². The summed E-state index contributed by atoms with van der Waals surface area (Å²) in [5.74, 6) is 1.10. The van der Waals surface area contributed by atoms with E-state index < -0.39 is 5.66 Å². The van der Waals surface area contributed by atoms with Crippen LogP contribution in [0, 0.1) is 6.92 Å². The van der Waals surface area contributed by atoms with Crippen LogP contribution in [-0.4, -0.2) is 26.3 Å². The lowest BCUT2D eigenvalue weighted by Crippen LogP contribution is -2.33. The summed E-state index contributed by atoms with van der Waals surface area (Å²) in [7, 11) is 0. The lowest BCUT2D eigenvalue weighted by Gasteiger charge is -2.17. The molecule has 1 fully saturated rings. The number of nitrogens with zero attached hydrogens (tertiary/aromatic N) is 3. The molecule has 0 radical (unpaired) electrons. The van der Waals surface area contributed by atoms with Gasteiger partial charge in [-0.1, -0.05) is 30.3 Å². The number of nitrogens with one attached hydrogen (secondary N) is 2. The molecular weight excluding hydrogens is 358 g/mol. The summed E-state index contributed by atoms with van der Waals surface area (Å²) in [6, 6.07) is 12.4. The van der Waals surface area contributed by atoms with Crippen molar-refractivity contribution < 1.29 is 0 Å². The fourth-order valence-corrected chi connectivity index (χ4v) is 5.60. The molecule has 0 unspecified atom stereocenters. The zero-order valence-electron chi connectivity index (χ0n) is 14.7. The highest BCUT2D eigenvalue weighted by atomic mass is 32.1. The van der Waals surface area contributed by atoms with Crippen LogP contribution in [0.15, 0.2) is 47.4 Å². The first-order valence-corrected chi connectivity index (χ1v) is 9.89. The van der Waals surface area contributed by atoms with Crippen molar-refractivity contribution in [3.05, 3.63) is 70.0 Å². The van der Waals surface area contributed by atoms with E-state index in [0.717, 1.165) is 40.4 Å². The molecule has 0 saturated carbocycles. The molecule has 1 spiro atoms. The Morgan fingerprint density at radius 3 is 2.93 bits per heavy atom. The standard InChI is InChI=1S/C20H17N5OS/c1-11-13(10-22-24-11)16-9-15-17(27-16)18(26)25-19(23-15)20(25)14(7-8-21-20)12-5-3-2-4-6-12/h2-6,9-10,14,21H,7-8H2,1H3,(H,22,24)/t14-,20-,25?/m1/s1. The Hall–Kier alpha value is -2.77. The first-order valence-electron chi connectivity index (χ1n) is 9.08. The Morgan fingerprint density at radius 1 is 1.30 bits per heavy atom. The number of aromatic amines is 1. The quantitative estimate of drug-likeness (QED) is 0.565. The van der Waals surface area contributed by atoms with Gasteiger partial charge in [0.1, 0.15) is 4.70 Å². The third kappa shape index (κ3) is 1.90. The van der Waals surface area contributed by atoms with Crippen LogP contribution in [0.1, 0.15) is 29.4 Å². The van der Waals surface area contributed by atoms with Gasteiger partial charge in [-0.3, -0.25) is 19.8 Å². The van der Waals surface area contributed by atoms with Gasteiger partial charge in [-0.05, 0) is 31.5 Å². The van der Waals surface area contributed by atoms with E-state index >= 15 is 0 Å². The maximum Gasteiger partial charge on any atom is 0.273 e. The van der Waals surface area contributed by atoms with E-state index in [1.54, 1.807) is 6.20 Å². The first kappa shape index (κ1) is 15.3. The molecule has 1 saturated heterocycles. The average molecular weight is 375 g/mol. The van der Waals surface area contributed by atoms with Crippen LogP contribution in [0.3, 0.4) is 0 Å². The monoisotopic (exact) mass is 375 g/mol. The highest BCUT2D eigenvalue weighted by Crippen LogP contribution is 2.52. The van der Waals surface area contributed by atoms with Crippen molar-refractivity contribution in [2.45, 2.75) is 24.9 Å². The predicted molar refractivity (Wildman–Crippen MR) is 105 cm³/mol. The fraction of sp³-hybridized carbons (Fsp3) is 0.250. The number of rotatable bonds is 2. The smallest absolute Gasteiger partial charge is 0.273 e. The summed E-state index contributed by atoms with van der Waals surface area (Å²) in [4.78, 5) is 19.2. The summed E-state index contributed by atoms with van der Waals surface area (Å²) in [5.41, 5.74) is 3.68. The minimum atomic E-state index is -0.442. The molecule has 4 aromatic rings.